The van der Waals surface area contributed by atoms with E-state index in [0.717, 1.165) is 11.8 Å². The van der Waals surface area contributed by atoms with Gasteiger partial charge in [-0.1, -0.05) is 42.5 Å². The van der Waals surface area contributed by atoms with Crippen molar-refractivity contribution >= 4 is 56.9 Å². The molecule has 0 aromatic heterocycles. The fraction of sp³-hybridized carbons (Fsp3) is 0.333. The normalized spacial score (nSPS) is 12.4. The maximum atomic E-state index is 13.0. The first kappa shape index (κ1) is 39.4. The van der Waals surface area contributed by atoms with Crippen molar-refractivity contribution in [2.45, 2.75) is 31.4 Å². The third-order valence-electron chi connectivity index (χ3n) is 6.63. The number of nitrogens with one attached hydrogen (secondary N) is 3. The third-order valence-corrected chi connectivity index (χ3v) is 9.11. The molecule has 0 radical (unpaired) electrons. The summed E-state index contributed by atoms with van der Waals surface area (Å²) in [6.45, 7) is -0.128. The van der Waals surface area contributed by atoms with Gasteiger partial charge in [-0.2, -0.15) is 10.2 Å². The predicted octanol–water partition coefficient (Wildman–Crippen LogP) is 3.17. The lowest BCUT2D eigenvalue weighted by Crippen LogP contribution is -2.54. The number of aliphatic hydroxyl groups excluding tert-OH is 1. The number of nitrogens with zero attached hydrogens (tertiary/aromatic N) is 2. The Morgan fingerprint density at radius 2 is 1.48 bits per heavy atom. The van der Waals surface area contributed by atoms with Gasteiger partial charge in [-0.3, -0.25) is 9.59 Å². The molecule has 0 spiro atoms. The molecule has 4 N–H and O–H groups in total. The Morgan fingerprint density at radius 3 is 2.10 bits per heavy atom. The van der Waals surface area contributed by atoms with Gasteiger partial charge in [0.25, 0.3) is 0 Å². The van der Waals surface area contributed by atoms with Gasteiger partial charge in [-0.05, 0) is 47.5 Å². The van der Waals surface area contributed by atoms with Crippen LogP contribution in [0.3, 0.4) is 0 Å². The SMILES string of the molecule is COc1ccc(COC(=O)N[C@@H](CO)C(=O)N[C@@H](CSCNC(C)=O)C(=O)OCCS(=O)(=O)Cc2ccc(N=Nc3ccccc3)cc2)cc1. The van der Waals surface area contributed by atoms with E-state index in [1.165, 1.54) is 14.0 Å². The minimum absolute atomic E-state index is 0.0778. The van der Waals surface area contributed by atoms with E-state index in [1.807, 2.05) is 18.2 Å². The second-order valence-electron chi connectivity index (χ2n) is 10.6. The number of amides is 3. The number of hydrogen-bond donors (Lipinski definition) is 4. The van der Waals surface area contributed by atoms with Crippen molar-refractivity contribution in [1.29, 1.82) is 0 Å². The van der Waals surface area contributed by atoms with Gasteiger partial charge < -0.3 is 35.3 Å². The van der Waals surface area contributed by atoms with Crippen LogP contribution in [0.2, 0.25) is 0 Å². The molecule has 17 heteroatoms. The molecular formula is C33H39N5O10S2. The first-order valence-electron chi connectivity index (χ1n) is 15.2. The summed E-state index contributed by atoms with van der Waals surface area (Å²) >= 11 is 1.08. The maximum Gasteiger partial charge on any atom is 0.408 e. The lowest BCUT2D eigenvalue weighted by Gasteiger charge is -2.21. The summed E-state index contributed by atoms with van der Waals surface area (Å²) < 4.78 is 40.9. The highest BCUT2D eigenvalue weighted by atomic mass is 32.2. The maximum absolute atomic E-state index is 13.0. The van der Waals surface area contributed by atoms with Crippen molar-refractivity contribution < 1.29 is 46.9 Å². The molecule has 0 saturated heterocycles. The Morgan fingerprint density at radius 1 is 0.840 bits per heavy atom. The van der Waals surface area contributed by atoms with Gasteiger partial charge in [0.2, 0.25) is 11.8 Å². The Bertz CT molecular complexity index is 1690. The van der Waals surface area contributed by atoms with E-state index in [2.05, 4.69) is 26.2 Å². The van der Waals surface area contributed by atoms with Crippen LogP contribution in [0.1, 0.15) is 18.1 Å². The van der Waals surface area contributed by atoms with Crippen molar-refractivity contribution in [1.82, 2.24) is 16.0 Å². The number of hydrogen-bond acceptors (Lipinski definition) is 13. The van der Waals surface area contributed by atoms with Crippen molar-refractivity contribution in [2.75, 3.05) is 37.7 Å². The number of sulfone groups is 1. The number of carbonyl (C=O) groups excluding carboxylic acids is 4. The van der Waals surface area contributed by atoms with Crippen LogP contribution in [-0.4, -0.2) is 87.2 Å². The molecule has 0 saturated carbocycles. The number of ether oxygens (including phenoxy) is 3. The summed E-state index contributed by atoms with van der Waals surface area (Å²) in [6, 6.07) is 19.6. The predicted molar refractivity (Wildman–Crippen MR) is 186 cm³/mol. The number of methoxy groups -OCH3 is 1. The Kier molecular flexibility index (Phi) is 16.2. The highest BCUT2D eigenvalue weighted by Gasteiger charge is 2.28. The van der Waals surface area contributed by atoms with Crippen LogP contribution in [0.4, 0.5) is 16.2 Å². The van der Waals surface area contributed by atoms with Crippen molar-refractivity contribution in [3.05, 3.63) is 90.0 Å². The zero-order valence-electron chi connectivity index (χ0n) is 27.4. The van der Waals surface area contributed by atoms with Gasteiger partial charge in [-0.15, -0.1) is 11.8 Å². The van der Waals surface area contributed by atoms with Crippen LogP contribution < -0.4 is 20.7 Å². The number of aliphatic hydroxyl groups is 1. The molecule has 0 unspecified atom stereocenters. The monoisotopic (exact) mass is 729 g/mol. The van der Waals surface area contributed by atoms with Crippen LogP contribution in [0.15, 0.2) is 89.1 Å². The summed E-state index contributed by atoms with van der Waals surface area (Å²) in [5.74, 6) is -2.34. The molecule has 0 bridgehead atoms. The van der Waals surface area contributed by atoms with Crippen LogP contribution in [0, 0.1) is 0 Å². The largest absolute Gasteiger partial charge is 0.497 e. The summed E-state index contributed by atoms with van der Waals surface area (Å²) in [6.07, 6.45) is -0.995. The minimum Gasteiger partial charge on any atom is -0.497 e. The molecule has 50 heavy (non-hydrogen) atoms. The van der Waals surface area contributed by atoms with Crippen LogP contribution in [0.5, 0.6) is 5.75 Å². The second kappa shape index (κ2) is 20.5. The van der Waals surface area contributed by atoms with Gasteiger partial charge in [0.05, 0.1) is 42.5 Å². The average Bonchev–Trinajstić information content (AvgIpc) is 3.10. The van der Waals surface area contributed by atoms with Crippen molar-refractivity contribution in [2.24, 2.45) is 10.2 Å². The topological polar surface area (TPSA) is 211 Å². The number of thioether (sulfide) groups is 1. The van der Waals surface area contributed by atoms with Gasteiger partial charge in [0, 0.05) is 12.7 Å². The van der Waals surface area contributed by atoms with E-state index < -0.39 is 58.9 Å². The average molecular weight is 730 g/mol. The fourth-order valence-corrected chi connectivity index (χ4v) is 6.04. The lowest BCUT2D eigenvalue weighted by molar-refractivity contribution is -0.146. The molecule has 3 aromatic carbocycles. The number of benzene rings is 3. The molecule has 268 valence electrons. The molecule has 3 rings (SSSR count). The molecule has 15 nitrogen and oxygen atoms in total. The van der Waals surface area contributed by atoms with Gasteiger partial charge in [-0.25, -0.2) is 18.0 Å². The second-order valence-corrected chi connectivity index (χ2v) is 13.8. The first-order chi connectivity index (χ1) is 24.0. The smallest absolute Gasteiger partial charge is 0.408 e. The number of alkyl carbamates (subject to hydrolysis) is 1. The number of carbonyl (C=O) groups is 4. The summed E-state index contributed by atoms with van der Waals surface area (Å²) in [5.41, 5.74) is 2.36. The van der Waals surface area contributed by atoms with Crippen LogP contribution >= 0.6 is 11.8 Å². The van der Waals surface area contributed by atoms with Crippen LogP contribution in [0.25, 0.3) is 0 Å². The number of azo groups is 1. The zero-order valence-corrected chi connectivity index (χ0v) is 29.1. The molecule has 0 aliphatic carbocycles. The standard InChI is InChI=1S/C33H39N5O10S2/c1-23(40)34-22-49-20-30(35-31(41)29(18-39)36-33(43)48-19-24-10-14-28(46-2)15-11-24)32(42)47-16-17-50(44,45)21-25-8-12-27(13-9-25)38-37-26-6-4-3-5-7-26/h3-15,29-30,39H,16-22H2,1-2H3,(H,34,40)(H,35,41)(H,36,43)/t29-,30-/m0/s1. The van der Waals surface area contributed by atoms with E-state index in [-0.39, 0.29) is 29.9 Å². The van der Waals surface area contributed by atoms with Gasteiger partial charge >= 0.3 is 12.1 Å². The van der Waals surface area contributed by atoms with Gasteiger partial charge in [0.1, 0.15) is 31.0 Å². The highest BCUT2D eigenvalue weighted by molar-refractivity contribution is 7.99. The molecule has 0 aliphatic rings. The fourth-order valence-electron chi connectivity index (χ4n) is 3.98. The molecule has 0 aliphatic heterocycles. The van der Waals surface area contributed by atoms with Crippen LogP contribution in [-0.2, 0) is 46.1 Å². The van der Waals surface area contributed by atoms with E-state index >= 15 is 0 Å². The Balaban J connectivity index is 1.52. The molecule has 0 heterocycles. The van der Waals surface area contributed by atoms with Crippen molar-refractivity contribution in [3.8, 4) is 5.75 Å². The molecule has 3 amide bonds. The Labute approximate surface area is 294 Å². The summed E-state index contributed by atoms with van der Waals surface area (Å²) in [4.78, 5) is 49.4. The van der Waals surface area contributed by atoms with Gasteiger partial charge in [0.15, 0.2) is 9.84 Å². The zero-order chi connectivity index (χ0) is 36.4. The summed E-state index contributed by atoms with van der Waals surface area (Å²) in [7, 11) is -2.20. The number of esters is 1. The van der Waals surface area contributed by atoms with E-state index in [9.17, 15) is 32.7 Å². The van der Waals surface area contributed by atoms with E-state index in [1.54, 1.807) is 60.7 Å². The molecule has 3 aromatic rings. The van der Waals surface area contributed by atoms with E-state index in [0.29, 0.717) is 28.3 Å². The first-order valence-corrected chi connectivity index (χ1v) is 18.2. The minimum atomic E-state index is -3.71. The lowest BCUT2D eigenvalue weighted by atomic mass is 10.2. The molecular weight excluding hydrogens is 691 g/mol. The Hall–Kier alpha value is -5.00. The quantitative estimate of drug-likeness (QED) is 0.0609. The number of rotatable bonds is 19. The highest BCUT2D eigenvalue weighted by Crippen LogP contribution is 2.19. The molecule has 2 atom stereocenters. The summed E-state index contributed by atoms with van der Waals surface area (Å²) in [5, 5.41) is 25.2. The van der Waals surface area contributed by atoms with E-state index in [4.69, 9.17) is 14.2 Å². The molecule has 0 fully saturated rings. The van der Waals surface area contributed by atoms with Crippen molar-refractivity contribution in [3.63, 3.8) is 0 Å². The third kappa shape index (κ3) is 14.6.